The monoisotopic (exact) mass is 271 g/mol. The van der Waals surface area contributed by atoms with E-state index in [2.05, 4.69) is 4.98 Å². The Balaban J connectivity index is 3.09. The molecule has 0 unspecified atom stereocenters. The molecule has 0 saturated carbocycles. The number of carbonyl (C=O) groups is 1. The van der Waals surface area contributed by atoms with Crippen LogP contribution in [0.1, 0.15) is 31.2 Å². The predicted molar refractivity (Wildman–Crippen MR) is 62.3 cm³/mol. The van der Waals surface area contributed by atoms with Gasteiger partial charge in [0.1, 0.15) is 5.69 Å². The molecule has 0 N–H and O–H groups in total. The van der Waals surface area contributed by atoms with Crippen LogP contribution in [-0.4, -0.2) is 11.0 Å². The average molecular weight is 271 g/mol. The first kappa shape index (κ1) is 15.0. The Morgan fingerprint density at radius 3 is 2.68 bits per heavy atom. The maximum absolute atomic E-state index is 12.5. The molecule has 1 aromatic heterocycles. The minimum atomic E-state index is -4.53. The Bertz CT molecular complexity index is 504. The Hall–Kier alpha value is -2.03. The average Bonchev–Trinajstić information content (AvgIpc) is 2.36. The molecule has 0 atom stereocenters. The van der Waals surface area contributed by atoms with Crippen molar-refractivity contribution in [2.24, 2.45) is 0 Å². The van der Waals surface area contributed by atoms with E-state index >= 15 is 0 Å². The first-order valence-electron chi connectivity index (χ1n) is 5.64. The van der Waals surface area contributed by atoms with E-state index in [4.69, 9.17) is 11.2 Å². The van der Waals surface area contributed by atoms with Crippen LogP contribution in [0.3, 0.4) is 0 Å². The van der Waals surface area contributed by atoms with E-state index in [0.717, 1.165) is 18.6 Å². The van der Waals surface area contributed by atoms with Gasteiger partial charge in [0.2, 0.25) is 0 Å². The number of pyridine rings is 1. The zero-order chi connectivity index (χ0) is 14.5. The summed E-state index contributed by atoms with van der Waals surface area (Å²) in [5.74, 6) is 0.748. The van der Waals surface area contributed by atoms with Gasteiger partial charge in [-0.05, 0) is 25.0 Å². The van der Waals surface area contributed by atoms with Gasteiger partial charge in [0, 0.05) is 5.92 Å². The van der Waals surface area contributed by atoms with E-state index in [1.165, 1.54) is 0 Å². The molecule has 3 nitrogen and oxygen atoms in total. The van der Waals surface area contributed by atoms with Crippen molar-refractivity contribution in [3.05, 3.63) is 23.5 Å². The number of carbonyl (C=O) groups excluding carboxylic acids is 1. The van der Waals surface area contributed by atoms with Gasteiger partial charge < -0.3 is 4.74 Å². The number of ether oxygens (including phenoxy) is 1. The van der Waals surface area contributed by atoms with E-state index in [1.807, 2.05) is 6.92 Å². The molecule has 0 aliphatic heterocycles. The smallest absolute Gasteiger partial charge is 0.415 e. The lowest BCUT2D eigenvalue weighted by atomic mass is 10.1. The fraction of sp³-hybridized carbons (Fsp3) is 0.385. The summed E-state index contributed by atoms with van der Waals surface area (Å²) < 4.78 is 42.4. The summed E-state index contributed by atoms with van der Waals surface area (Å²) in [6.07, 6.45) is 2.01. The largest absolute Gasteiger partial charge is 0.433 e. The first-order valence-corrected chi connectivity index (χ1v) is 5.64. The van der Waals surface area contributed by atoms with Gasteiger partial charge in [-0.25, -0.2) is 9.78 Å². The van der Waals surface area contributed by atoms with Crippen molar-refractivity contribution in [3.8, 4) is 18.1 Å². The summed E-state index contributed by atoms with van der Waals surface area (Å²) in [6, 6.07) is 1.82. The third-order valence-corrected chi connectivity index (χ3v) is 2.31. The van der Waals surface area contributed by atoms with Crippen LogP contribution in [0.2, 0.25) is 0 Å². The first-order chi connectivity index (χ1) is 8.88. The van der Waals surface area contributed by atoms with Crippen LogP contribution >= 0.6 is 0 Å². The topological polar surface area (TPSA) is 39.2 Å². The molecular weight excluding hydrogens is 259 g/mol. The van der Waals surface area contributed by atoms with E-state index in [-0.39, 0.29) is 17.9 Å². The van der Waals surface area contributed by atoms with Crippen molar-refractivity contribution in [3.63, 3.8) is 0 Å². The van der Waals surface area contributed by atoms with E-state index in [0.29, 0.717) is 6.42 Å². The quantitative estimate of drug-likeness (QED) is 0.480. The number of hydrogen-bond donors (Lipinski definition) is 0. The summed E-state index contributed by atoms with van der Waals surface area (Å²) in [7, 11) is 0. The van der Waals surface area contributed by atoms with Gasteiger partial charge in [-0.15, -0.1) is 6.42 Å². The van der Waals surface area contributed by atoms with Crippen LogP contribution in [0.15, 0.2) is 12.1 Å². The summed E-state index contributed by atoms with van der Waals surface area (Å²) in [4.78, 5) is 14.5. The number of aryl methyl sites for hydroxylation is 1. The zero-order valence-electron chi connectivity index (χ0n) is 10.3. The molecule has 0 amide bonds. The van der Waals surface area contributed by atoms with Crippen molar-refractivity contribution < 1.29 is 22.7 Å². The van der Waals surface area contributed by atoms with Crippen LogP contribution < -0.4 is 4.74 Å². The van der Waals surface area contributed by atoms with E-state index in [9.17, 15) is 18.0 Å². The fourth-order valence-electron chi connectivity index (χ4n) is 1.39. The number of alkyl halides is 3. The van der Waals surface area contributed by atoms with E-state index in [1.54, 1.807) is 5.92 Å². The number of unbranched alkanes of at least 4 members (excludes halogenated alkanes) is 1. The molecule has 0 saturated heterocycles. The number of rotatable bonds is 4. The number of terminal acetylenes is 1. The Labute approximate surface area is 108 Å². The third kappa shape index (κ3) is 4.28. The lowest BCUT2D eigenvalue weighted by Crippen LogP contribution is -2.12. The summed E-state index contributed by atoms with van der Waals surface area (Å²) in [6.45, 7) is 1.89. The third-order valence-electron chi connectivity index (χ3n) is 2.31. The van der Waals surface area contributed by atoms with Crippen LogP contribution in [-0.2, 0) is 17.4 Å². The second kappa shape index (κ2) is 6.23. The molecule has 19 heavy (non-hydrogen) atoms. The molecule has 1 heterocycles. The molecular formula is C13H12F3NO2. The highest BCUT2D eigenvalue weighted by atomic mass is 19.4. The van der Waals surface area contributed by atoms with Crippen molar-refractivity contribution in [1.29, 1.82) is 0 Å². The van der Waals surface area contributed by atoms with Crippen molar-refractivity contribution in [2.75, 3.05) is 0 Å². The molecule has 0 aromatic carbocycles. The maximum Gasteiger partial charge on any atom is 0.433 e. The van der Waals surface area contributed by atoms with Crippen molar-refractivity contribution in [1.82, 2.24) is 4.98 Å². The second-order valence-corrected chi connectivity index (χ2v) is 3.78. The number of nitrogens with zero attached hydrogens (tertiary/aromatic N) is 1. The minimum Gasteiger partial charge on any atom is -0.415 e. The lowest BCUT2D eigenvalue weighted by Gasteiger charge is -2.11. The zero-order valence-corrected chi connectivity index (χ0v) is 10.3. The summed E-state index contributed by atoms with van der Waals surface area (Å²) in [5, 5.41) is 0. The normalized spacial score (nSPS) is 10.9. The summed E-state index contributed by atoms with van der Waals surface area (Å²) in [5.41, 5.74) is -0.931. The predicted octanol–water partition coefficient (Wildman–Crippen LogP) is 2.98. The van der Waals surface area contributed by atoms with Gasteiger partial charge in [0.05, 0.1) is 5.69 Å². The molecule has 0 bridgehead atoms. The van der Waals surface area contributed by atoms with Crippen LogP contribution in [0.5, 0.6) is 5.75 Å². The van der Waals surface area contributed by atoms with Crippen molar-refractivity contribution in [2.45, 2.75) is 32.4 Å². The van der Waals surface area contributed by atoms with Gasteiger partial charge >= 0.3 is 12.1 Å². The van der Waals surface area contributed by atoms with Gasteiger partial charge in [0.15, 0.2) is 5.75 Å². The standard InChI is InChI=1S/C13H12F3NO2/c1-3-5-6-9-10(19-12(18)4-2)7-8-11(17-9)13(14,15)16/h2,7-8H,3,5-6H2,1H3. The number of halogens is 3. The molecule has 1 rings (SSSR count). The molecule has 0 aliphatic rings. The molecule has 102 valence electrons. The number of hydrogen-bond acceptors (Lipinski definition) is 3. The van der Waals surface area contributed by atoms with Gasteiger partial charge in [0.25, 0.3) is 0 Å². The minimum absolute atomic E-state index is 0.0237. The highest BCUT2D eigenvalue weighted by Gasteiger charge is 2.33. The second-order valence-electron chi connectivity index (χ2n) is 3.78. The summed E-state index contributed by atoms with van der Waals surface area (Å²) >= 11 is 0. The highest BCUT2D eigenvalue weighted by Crippen LogP contribution is 2.30. The fourth-order valence-corrected chi connectivity index (χ4v) is 1.39. The van der Waals surface area contributed by atoms with Gasteiger partial charge in [-0.1, -0.05) is 13.3 Å². The Kier molecular flexibility index (Phi) is 4.93. The van der Waals surface area contributed by atoms with Crippen LogP contribution in [0.25, 0.3) is 0 Å². The van der Waals surface area contributed by atoms with E-state index < -0.39 is 17.8 Å². The van der Waals surface area contributed by atoms with Crippen LogP contribution in [0.4, 0.5) is 13.2 Å². The Morgan fingerprint density at radius 2 is 2.16 bits per heavy atom. The van der Waals surface area contributed by atoms with Gasteiger partial charge in [-0.3, -0.25) is 0 Å². The number of aromatic nitrogens is 1. The molecule has 1 aromatic rings. The highest BCUT2D eigenvalue weighted by molar-refractivity contribution is 5.89. The molecule has 6 heteroatoms. The number of esters is 1. The molecule has 0 aliphatic carbocycles. The molecule has 0 spiro atoms. The lowest BCUT2D eigenvalue weighted by molar-refractivity contribution is -0.141. The molecule has 0 radical (unpaired) electrons. The molecule has 0 fully saturated rings. The maximum atomic E-state index is 12.5. The van der Waals surface area contributed by atoms with Crippen molar-refractivity contribution >= 4 is 5.97 Å². The van der Waals surface area contributed by atoms with Crippen LogP contribution in [0, 0.1) is 12.3 Å². The Morgan fingerprint density at radius 1 is 1.47 bits per heavy atom. The van der Waals surface area contributed by atoms with Gasteiger partial charge in [-0.2, -0.15) is 13.2 Å². The SMILES string of the molecule is C#CC(=O)Oc1ccc(C(F)(F)F)nc1CCCC.